The fourth-order valence-corrected chi connectivity index (χ4v) is 2.37. The van der Waals surface area contributed by atoms with Crippen LogP contribution in [0.25, 0.3) is 0 Å². The average molecular weight is 211 g/mol. The van der Waals surface area contributed by atoms with Gasteiger partial charge in [-0.2, -0.15) is 0 Å². The van der Waals surface area contributed by atoms with Crippen molar-refractivity contribution >= 4 is 0 Å². The molecule has 86 valence electrons. The van der Waals surface area contributed by atoms with Crippen LogP contribution in [-0.4, -0.2) is 11.0 Å². The summed E-state index contributed by atoms with van der Waals surface area (Å²) in [5.74, 6) is 0.267. The molecule has 0 fully saturated rings. The summed E-state index contributed by atoms with van der Waals surface area (Å²) < 4.78 is 0. The van der Waals surface area contributed by atoms with Crippen LogP contribution in [0.4, 0.5) is 0 Å². The minimum atomic E-state index is -0.333. The molecule has 1 rings (SSSR count). The van der Waals surface area contributed by atoms with E-state index in [-0.39, 0.29) is 16.9 Å². The normalized spacial score (nSPS) is 26.9. The van der Waals surface area contributed by atoms with Crippen LogP contribution in [0.1, 0.15) is 52.9 Å². The summed E-state index contributed by atoms with van der Waals surface area (Å²) in [6, 6.07) is -0.333. The third kappa shape index (κ3) is 3.05. The quantitative estimate of drug-likeness (QED) is 0.405. The van der Waals surface area contributed by atoms with Crippen LogP contribution in [0.15, 0.2) is 11.1 Å². The molecule has 15 heavy (non-hydrogen) atoms. The van der Waals surface area contributed by atoms with Gasteiger partial charge in [-0.15, -0.1) is 0 Å². The first-order valence-corrected chi connectivity index (χ1v) is 5.85. The Morgan fingerprint density at radius 3 is 2.47 bits per heavy atom. The maximum Gasteiger partial charge on any atom is 0.219 e. The second-order valence-electron chi connectivity index (χ2n) is 4.72. The number of unbranched alkanes of at least 4 members (excludes halogenated alkanes) is 1. The first-order chi connectivity index (χ1) is 7.06. The smallest absolute Gasteiger partial charge is 0.219 e. The fourth-order valence-electron chi connectivity index (χ4n) is 2.37. The molecule has 0 amide bonds. The van der Waals surface area contributed by atoms with Gasteiger partial charge in [-0.1, -0.05) is 30.9 Å². The molecular weight excluding hydrogens is 190 g/mol. The van der Waals surface area contributed by atoms with Crippen molar-refractivity contribution < 1.29 is 4.92 Å². The van der Waals surface area contributed by atoms with E-state index in [0.29, 0.717) is 6.42 Å². The van der Waals surface area contributed by atoms with Crippen LogP contribution in [0.5, 0.6) is 0 Å². The highest BCUT2D eigenvalue weighted by Crippen LogP contribution is 2.33. The summed E-state index contributed by atoms with van der Waals surface area (Å²) in [4.78, 5) is 10.9. The molecule has 0 bridgehead atoms. The molecular formula is C12H21NO2. The van der Waals surface area contributed by atoms with Gasteiger partial charge in [0.05, 0.1) is 0 Å². The van der Waals surface area contributed by atoms with E-state index in [4.69, 9.17) is 0 Å². The van der Waals surface area contributed by atoms with Gasteiger partial charge in [0.2, 0.25) is 6.04 Å². The summed E-state index contributed by atoms with van der Waals surface area (Å²) in [7, 11) is 0. The lowest BCUT2D eigenvalue weighted by atomic mass is 9.79. The van der Waals surface area contributed by atoms with E-state index in [1.54, 1.807) is 0 Å². The maximum atomic E-state index is 11.0. The third-order valence-electron chi connectivity index (χ3n) is 3.56. The zero-order chi connectivity index (χ0) is 11.4. The molecule has 0 radical (unpaired) electrons. The zero-order valence-electron chi connectivity index (χ0n) is 9.95. The molecule has 0 aliphatic heterocycles. The molecule has 0 aromatic carbocycles. The highest BCUT2D eigenvalue weighted by molar-refractivity contribution is 5.15. The van der Waals surface area contributed by atoms with Gasteiger partial charge in [0.1, 0.15) is 0 Å². The van der Waals surface area contributed by atoms with Crippen LogP contribution in [0, 0.1) is 16.0 Å². The summed E-state index contributed by atoms with van der Waals surface area (Å²) >= 11 is 0. The lowest BCUT2D eigenvalue weighted by molar-refractivity contribution is -0.532. The van der Waals surface area contributed by atoms with E-state index >= 15 is 0 Å². The molecule has 2 atom stereocenters. The Hall–Kier alpha value is -0.860. The lowest BCUT2D eigenvalue weighted by Crippen LogP contribution is -2.32. The molecule has 0 aromatic rings. The number of nitrogens with zero attached hydrogens (tertiary/aromatic N) is 1. The Balaban J connectivity index is 2.70. The zero-order valence-corrected chi connectivity index (χ0v) is 9.95. The second-order valence-corrected chi connectivity index (χ2v) is 4.72. The summed E-state index contributed by atoms with van der Waals surface area (Å²) in [5, 5.41) is 11.0. The minimum Gasteiger partial charge on any atom is -0.264 e. The van der Waals surface area contributed by atoms with Crippen molar-refractivity contribution in [2.24, 2.45) is 5.92 Å². The number of hydrogen-bond acceptors (Lipinski definition) is 2. The van der Waals surface area contributed by atoms with Crippen LogP contribution < -0.4 is 0 Å². The number of hydrogen-bond donors (Lipinski definition) is 0. The summed E-state index contributed by atoms with van der Waals surface area (Å²) in [6.07, 6.45) is 4.83. The first kappa shape index (κ1) is 12.2. The molecule has 0 saturated heterocycles. The number of allylic oxidation sites excluding steroid dienone is 1. The molecule has 0 heterocycles. The molecule has 0 unspecified atom stereocenters. The lowest BCUT2D eigenvalue weighted by Gasteiger charge is -2.27. The maximum absolute atomic E-state index is 11.0. The summed E-state index contributed by atoms with van der Waals surface area (Å²) in [6.45, 7) is 6.28. The van der Waals surface area contributed by atoms with Crippen molar-refractivity contribution in [3.63, 3.8) is 0 Å². The number of rotatable bonds is 4. The monoisotopic (exact) mass is 211 g/mol. The Labute approximate surface area is 91.7 Å². The van der Waals surface area contributed by atoms with Gasteiger partial charge in [0.15, 0.2) is 0 Å². The molecule has 3 nitrogen and oxygen atoms in total. The molecule has 1 aliphatic rings. The Bertz CT molecular complexity index is 271. The molecule has 0 aromatic heterocycles. The highest BCUT2D eigenvalue weighted by atomic mass is 16.6. The first-order valence-electron chi connectivity index (χ1n) is 5.85. The van der Waals surface area contributed by atoms with Crippen LogP contribution in [-0.2, 0) is 0 Å². The molecule has 0 N–H and O–H groups in total. The van der Waals surface area contributed by atoms with Crippen LogP contribution in [0.3, 0.4) is 0 Å². The number of nitro groups is 1. The molecule has 0 saturated carbocycles. The van der Waals surface area contributed by atoms with Crippen LogP contribution >= 0.6 is 0 Å². The van der Waals surface area contributed by atoms with Gasteiger partial charge in [-0.05, 0) is 26.7 Å². The van der Waals surface area contributed by atoms with Crippen molar-refractivity contribution in [3.8, 4) is 0 Å². The van der Waals surface area contributed by atoms with Gasteiger partial charge in [-0.3, -0.25) is 10.1 Å². The minimum absolute atomic E-state index is 0.0731. The summed E-state index contributed by atoms with van der Waals surface area (Å²) in [5.41, 5.74) is 2.60. The van der Waals surface area contributed by atoms with Gasteiger partial charge in [0.25, 0.3) is 0 Å². The standard InChI is InChI=1S/C12H21NO2/c1-4-5-6-11-7-9(2)10(3)8-12(11)13(14)15/h11-12H,4-8H2,1-3H3/t11-,12-/m0/s1. The Kier molecular flexibility index (Phi) is 4.30. The van der Waals surface area contributed by atoms with E-state index in [2.05, 4.69) is 13.8 Å². The predicted molar refractivity (Wildman–Crippen MR) is 61.4 cm³/mol. The topological polar surface area (TPSA) is 43.1 Å². The van der Waals surface area contributed by atoms with Crippen molar-refractivity contribution in [1.29, 1.82) is 0 Å². The highest BCUT2D eigenvalue weighted by Gasteiger charge is 2.34. The van der Waals surface area contributed by atoms with Crippen LogP contribution in [0.2, 0.25) is 0 Å². The SMILES string of the molecule is CCCC[C@H]1CC(C)=C(C)C[C@@H]1[N+](=O)[O-]. The largest absolute Gasteiger partial charge is 0.264 e. The third-order valence-corrected chi connectivity index (χ3v) is 3.56. The predicted octanol–water partition coefficient (Wildman–Crippen LogP) is 3.57. The van der Waals surface area contributed by atoms with Crippen molar-refractivity contribution in [2.45, 2.75) is 58.9 Å². The molecule has 3 heteroatoms. The second kappa shape index (κ2) is 5.29. The van der Waals surface area contributed by atoms with E-state index in [1.165, 1.54) is 11.1 Å². The van der Waals surface area contributed by atoms with Gasteiger partial charge in [0, 0.05) is 17.3 Å². The van der Waals surface area contributed by atoms with Gasteiger partial charge in [-0.25, -0.2) is 0 Å². The Morgan fingerprint density at radius 2 is 1.93 bits per heavy atom. The van der Waals surface area contributed by atoms with E-state index in [9.17, 15) is 10.1 Å². The van der Waals surface area contributed by atoms with E-state index in [1.807, 2.05) is 6.92 Å². The molecule has 0 spiro atoms. The van der Waals surface area contributed by atoms with E-state index in [0.717, 1.165) is 25.7 Å². The fraction of sp³-hybridized carbons (Fsp3) is 0.833. The molecule has 1 aliphatic carbocycles. The van der Waals surface area contributed by atoms with E-state index < -0.39 is 0 Å². The van der Waals surface area contributed by atoms with Crippen molar-refractivity contribution in [1.82, 2.24) is 0 Å². The van der Waals surface area contributed by atoms with Crippen molar-refractivity contribution in [2.75, 3.05) is 0 Å². The van der Waals surface area contributed by atoms with Gasteiger partial charge < -0.3 is 0 Å². The van der Waals surface area contributed by atoms with Gasteiger partial charge >= 0.3 is 0 Å². The average Bonchev–Trinajstić information content (AvgIpc) is 2.19. The van der Waals surface area contributed by atoms with Crippen molar-refractivity contribution in [3.05, 3.63) is 21.3 Å². The Morgan fingerprint density at radius 1 is 1.33 bits per heavy atom.